The summed E-state index contributed by atoms with van der Waals surface area (Å²) in [5.41, 5.74) is 1.01. The van der Waals surface area contributed by atoms with Crippen LogP contribution < -0.4 is 0 Å². The highest BCUT2D eigenvalue weighted by Gasteiger charge is 2.37. The van der Waals surface area contributed by atoms with Gasteiger partial charge in [0, 0.05) is 25.4 Å². The number of amides is 1. The van der Waals surface area contributed by atoms with Gasteiger partial charge in [0.25, 0.3) is 0 Å². The fourth-order valence-corrected chi connectivity index (χ4v) is 4.75. The first-order valence-corrected chi connectivity index (χ1v) is 10.1. The van der Waals surface area contributed by atoms with E-state index in [-0.39, 0.29) is 18.1 Å². The zero-order valence-electron chi connectivity index (χ0n) is 14.0. The second kappa shape index (κ2) is 7.41. The van der Waals surface area contributed by atoms with Crippen LogP contribution in [0.25, 0.3) is 0 Å². The van der Waals surface area contributed by atoms with E-state index in [1.165, 1.54) is 25.9 Å². The highest BCUT2D eigenvalue weighted by atomic mass is 32.2. The quantitative estimate of drug-likeness (QED) is 0.731. The van der Waals surface area contributed by atoms with Crippen molar-refractivity contribution in [3.8, 4) is 0 Å². The van der Waals surface area contributed by atoms with Gasteiger partial charge in [-0.2, -0.15) is 11.8 Å². The van der Waals surface area contributed by atoms with Crippen molar-refractivity contribution in [1.29, 1.82) is 0 Å². The van der Waals surface area contributed by atoms with Gasteiger partial charge in [0.05, 0.1) is 36.4 Å². The summed E-state index contributed by atoms with van der Waals surface area (Å²) in [6.07, 6.45) is 5.45. The van der Waals surface area contributed by atoms with Gasteiger partial charge in [-0.15, -0.1) is 5.10 Å². The minimum Gasteiger partial charge on any atom is -0.370 e. The average Bonchev–Trinajstić information content (AvgIpc) is 3.29. The van der Waals surface area contributed by atoms with Crippen molar-refractivity contribution in [2.24, 2.45) is 0 Å². The lowest BCUT2D eigenvalue weighted by molar-refractivity contribution is -0.135. The fraction of sp³-hybridized carbons (Fsp3) is 0.812. The molecule has 0 aromatic carbocycles. The summed E-state index contributed by atoms with van der Waals surface area (Å²) in [6.45, 7) is 5.62. The molecule has 0 radical (unpaired) electrons. The molecule has 1 amide bonds. The molecule has 0 bridgehead atoms. The number of hydrogen-bond donors (Lipinski definition) is 0. The summed E-state index contributed by atoms with van der Waals surface area (Å²) in [4.78, 5) is 17.0. The van der Waals surface area contributed by atoms with Gasteiger partial charge in [-0.3, -0.25) is 4.79 Å². The molecule has 0 saturated carbocycles. The average molecular weight is 351 g/mol. The molecule has 4 heterocycles. The van der Waals surface area contributed by atoms with Crippen LogP contribution in [0, 0.1) is 0 Å². The second-order valence-corrected chi connectivity index (χ2v) is 7.92. The largest absolute Gasteiger partial charge is 0.370 e. The van der Waals surface area contributed by atoms with Crippen LogP contribution in [0.2, 0.25) is 0 Å². The summed E-state index contributed by atoms with van der Waals surface area (Å²) in [5, 5.41) is 8.18. The first-order chi connectivity index (χ1) is 11.8. The number of thioether (sulfide) groups is 1. The Morgan fingerprint density at radius 2 is 2.21 bits per heavy atom. The van der Waals surface area contributed by atoms with E-state index in [0.717, 1.165) is 31.0 Å². The highest BCUT2D eigenvalue weighted by molar-refractivity contribution is 7.99. The van der Waals surface area contributed by atoms with Gasteiger partial charge in [-0.1, -0.05) is 5.21 Å². The van der Waals surface area contributed by atoms with E-state index in [9.17, 15) is 4.79 Å². The van der Waals surface area contributed by atoms with Gasteiger partial charge >= 0.3 is 0 Å². The molecular weight excluding hydrogens is 326 g/mol. The predicted molar refractivity (Wildman–Crippen MR) is 91.8 cm³/mol. The van der Waals surface area contributed by atoms with E-state index in [1.807, 2.05) is 9.58 Å². The van der Waals surface area contributed by atoms with Gasteiger partial charge in [-0.25, -0.2) is 4.68 Å². The molecule has 1 aromatic heterocycles. The highest BCUT2D eigenvalue weighted by Crippen LogP contribution is 2.30. The van der Waals surface area contributed by atoms with E-state index < -0.39 is 0 Å². The molecular formula is C16H25N5O2S. The smallest absolute Gasteiger partial charge is 0.232 e. The van der Waals surface area contributed by atoms with Gasteiger partial charge < -0.3 is 14.5 Å². The number of hydrogen-bond acceptors (Lipinski definition) is 6. The van der Waals surface area contributed by atoms with Crippen molar-refractivity contribution >= 4 is 17.7 Å². The molecule has 0 aliphatic carbocycles. The van der Waals surface area contributed by atoms with Crippen LogP contribution in [-0.2, 0) is 16.1 Å². The normalized spacial score (nSPS) is 27.1. The van der Waals surface area contributed by atoms with Gasteiger partial charge in [-0.05, 0) is 32.4 Å². The Bertz CT molecular complexity index is 575. The molecule has 4 rings (SSSR count). The van der Waals surface area contributed by atoms with Crippen LogP contribution >= 0.6 is 11.8 Å². The molecule has 3 aliphatic heterocycles. The van der Waals surface area contributed by atoms with E-state index in [4.69, 9.17) is 4.74 Å². The summed E-state index contributed by atoms with van der Waals surface area (Å²) in [6, 6.07) is 0.114. The number of carbonyl (C=O) groups excluding carboxylic acids is 1. The summed E-state index contributed by atoms with van der Waals surface area (Å²) < 4.78 is 7.85. The third-order valence-corrected chi connectivity index (χ3v) is 6.18. The van der Waals surface area contributed by atoms with E-state index in [2.05, 4.69) is 15.2 Å². The lowest BCUT2D eigenvalue weighted by atomic mass is 10.0. The molecule has 2 atom stereocenters. The third-order valence-electron chi connectivity index (χ3n) is 5.26. The number of nitrogens with zero attached hydrogens (tertiary/aromatic N) is 5. The minimum absolute atomic E-state index is 0.114. The Morgan fingerprint density at radius 3 is 3.08 bits per heavy atom. The second-order valence-electron chi connectivity index (χ2n) is 6.82. The number of fused-ring (bicyclic) bond motifs is 3. The van der Waals surface area contributed by atoms with Crippen LogP contribution in [-0.4, -0.2) is 81.0 Å². The number of carbonyl (C=O) groups is 1. The molecule has 8 heteroatoms. The van der Waals surface area contributed by atoms with Crippen molar-refractivity contribution in [1.82, 2.24) is 24.8 Å². The maximum Gasteiger partial charge on any atom is 0.232 e. The summed E-state index contributed by atoms with van der Waals surface area (Å²) in [7, 11) is 0. The Hall–Kier alpha value is -1.12. The lowest BCUT2D eigenvalue weighted by Crippen LogP contribution is -2.50. The molecule has 1 aromatic rings. The molecule has 132 valence electrons. The van der Waals surface area contributed by atoms with Crippen LogP contribution in [0.3, 0.4) is 0 Å². The Balaban J connectivity index is 1.25. The summed E-state index contributed by atoms with van der Waals surface area (Å²) >= 11 is 1.76. The van der Waals surface area contributed by atoms with Crippen molar-refractivity contribution in [2.75, 3.05) is 44.2 Å². The summed E-state index contributed by atoms with van der Waals surface area (Å²) in [5.74, 6) is 1.87. The number of ether oxygens (including phenoxy) is 1. The van der Waals surface area contributed by atoms with Crippen molar-refractivity contribution in [2.45, 2.75) is 38.0 Å². The van der Waals surface area contributed by atoms with E-state index >= 15 is 0 Å². The predicted octanol–water partition coefficient (Wildman–Crippen LogP) is 0.779. The van der Waals surface area contributed by atoms with Crippen molar-refractivity contribution < 1.29 is 9.53 Å². The molecule has 0 spiro atoms. The Labute approximate surface area is 146 Å². The Morgan fingerprint density at radius 1 is 1.33 bits per heavy atom. The first-order valence-electron chi connectivity index (χ1n) is 8.90. The molecule has 2 saturated heterocycles. The molecule has 7 nitrogen and oxygen atoms in total. The van der Waals surface area contributed by atoms with Crippen LogP contribution in [0.15, 0.2) is 6.20 Å². The number of aromatic nitrogens is 3. The Kier molecular flexibility index (Phi) is 5.05. The van der Waals surface area contributed by atoms with Crippen LogP contribution in [0.4, 0.5) is 0 Å². The van der Waals surface area contributed by atoms with Crippen molar-refractivity contribution in [3.05, 3.63) is 11.9 Å². The molecule has 3 aliphatic rings. The third kappa shape index (κ3) is 3.45. The van der Waals surface area contributed by atoms with Crippen molar-refractivity contribution in [3.63, 3.8) is 0 Å². The number of piperidine rings is 1. The monoisotopic (exact) mass is 351 g/mol. The van der Waals surface area contributed by atoms with Gasteiger partial charge in [0.1, 0.15) is 0 Å². The zero-order valence-corrected chi connectivity index (χ0v) is 14.8. The number of rotatable bonds is 5. The molecule has 0 unspecified atom stereocenters. The first kappa shape index (κ1) is 16.4. The molecule has 0 N–H and O–H groups in total. The SMILES string of the molecule is O=C(CSCCN1CCCC1)N1CC[C@H]2OCc3cnnn3[C@H]2C1. The number of likely N-dealkylation sites (tertiary alicyclic amines) is 2. The maximum atomic E-state index is 12.5. The van der Waals surface area contributed by atoms with Crippen LogP contribution in [0.5, 0.6) is 0 Å². The lowest BCUT2D eigenvalue weighted by Gasteiger charge is -2.41. The standard InChI is InChI=1S/C16H25N5O2S/c22-16(12-24-8-7-19-4-1-2-5-19)20-6-3-15-14(10-20)21-13(11-23-15)9-17-18-21/h9,14-15H,1-8,10-12H2/t14-,15+/m0/s1. The van der Waals surface area contributed by atoms with Crippen LogP contribution in [0.1, 0.15) is 31.0 Å². The van der Waals surface area contributed by atoms with E-state index in [0.29, 0.717) is 18.9 Å². The fourth-order valence-electron chi connectivity index (χ4n) is 3.86. The van der Waals surface area contributed by atoms with Gasteiger partial charge in [0.2, 0.25) is 5.91 Å². The van der Waals surface area contributed by atoms with E-state index in [1.54, 1.807) is 18.0 Å². The topological polar surface area (TPSA) is 63.5 Å². The minimum atomic E-state index is 0.114. The maximum absolute atomic E-state index is 12.5. The van der Waals surface area contributed by atoms with Gasteiger partial charge in [0.15, 0.2) is 0 Å². The zero-order chi connectivity index (χ0) is 16.4. The molecule has 2 fully saturated rings. The molecule has 24 heavy (non-hydrogen) atoms.